The molecule has 0 saturated heterocycles. The van der Waals surface area contributed by atoms with Crippen molar-refractivity contribution < 1.29 is 0 Å². The molecule has 18 heavy (non-hydrogen) atoms. The van der Waals surface area contributed by atoms with Crippen LogP contribution in [-0.2, 0) is 0 Å². The molecule has 4 N–H and O–H groups in total. The van der Waals surface area contributed by atoms with Gasteiger partial charge in [-0.15, -0.1) is 0 Å². The monoisotopic (exact) mass is 247 g/mol. The van der Waals surface area contributed by atoms with Crippen molar-refractivity contribution in [2.45, 2.75) is 0 Å². The van der Waals surface area contributed by atoms with E-state index < -0.39 is 0 Å². The van der Waals surface area contributed by atoms with Crippen LogP contribution in [0.5, 0.6) is 0 Å². The molecule has 1 aromatic carbocycles. The predicted molar refractivity (Wildman–Crippen MR) is 77.8 cm³/mol. The third-order valence-electron chi connectivity index (χ3n) is 2.42. The quantitative estimate of drug-likeness (QED) is 0.553. The van der Waals surface area contributed by atoms with Crippen LogP contribution < -0.4 is 21.5 Å². The number of hydrogen-bond acceptors (Lipinski definition) is 5. The first-order valence-electron chi connectivity index (χ1n) is 5.73. The van der Waals surface area contributed by atoms with E-state index in [0.29, 0.717) is 0 Å². The summed E-state index contributed by atoms with van der Waals surface area (Å²) in [6.45, 7) is 3.92. The van der Waals surface area contributed by atoms with Gasteiger partial charge in [-0.3, -0.25) is 10.9 Å². The Morgan fingerprint density at radius 1 is 1.17 bits per heavy atom. The topological polar surface area (TPSA) is 51.4 Å². The Labute approximate surface area is 109 Å². The lowest BCUT2D eigenvalue weighted by Gasteiger charge is -2.19. The highest BCUT2D eigenvalue weighted by molar-refractivity contribution is 5.52. The minimum atomic E-state index is 0.749. The number of rotatable bonds is 7. The molecule has 0 aliphatic rings. The molecule has 0 fully saturated rings. The number of nitrogens with zero attached hydrogens (tertiary/aromatic N) is 1. The SMILES string of the molecule is C=C(NNc1ccc(NC)cc1)N(C)/C=C\NC. The maximum atomic E-state index is 3.92. The van der Waals surface area contributed by atoms with Crippen LogP contribution in [0.25, 0.3) is 0 Å². The van der Waals surface area contributed by atoms with Crippen LogP contribution in [0.1, 0.15) is 0 Å². The highest BCUT2D eigenvalue weighted by Gasteiger charge is 1.97. The van der Waals surface area contributed by atoms with E-state index in [1.165, 1.54) is 0 Å². The molecule has 0 heterocycles. The molecule has 0 spiro atoms. The van der Waals surface area contributed by atoms with Gasteiger partial charge in [0.1, 0.15) is 5.82 Å². The zero-order valence-electron chi connectivity index (χ0n) is 11.1. The largest absolute Gasteiger partial charge is 0.393 e. The Kier molecular flexibility index (Phi) is 5.44. The van der Waals surface area contributed by atoms with E-state index >= 15 is 0 Å². The summed E-state index contributed by atoms with van der Waals surface area (Å²) in [5.74, 6) is 0.749. The van der Waals surface area contributed by atoms with Crippen LogP contribution in [-0.4, -0.2) is 26.0 Å². The number of hydrazine groups is 1. The smallest absolute Gasteiger partial charge is 0.116 e. The van der Waals surface area contributed by atoms with Gasteiger partial charge in [0, 0.05) is 39.2 Å². The van der Waals surface area contributed by atoms with Crippen LogP contribution in [0, 0.1) is 0 Å². The van der Waals surface area contributed by atoms with E-state index in [4.69, 9.17) is 0 Å². The summed E-state index contributed by atoms with van der Waals surface area (Å²) in [7, 11) is 5.66. The molecule has 5 nitrogen and oxygen atoms in total. The van der Waals surface area contributed by atoms with E-state index in [0.717, 1.165) is 17.2 Å². The van der Waals surface area contributed by atoms with Gasteiger partial charge in [-0.1, -0.05) is 6.58 Å². The number of anilines is 2. The lowest BCUT2D eigenvalue weighted by atomic mass is 10.3. The lowest BCUT2D eigenvalue weighted by molar-refractivity contribution is 0.524. The summed E-state index contributed by atoms with van der Waals surface area (Å²) in [6.07, 6.45) is 3.70. The molecule has 5 heteroatoms. The number of benzene rings is 1. The summed E-state index contributed by atoms with van der Waals surface area (Å²) in [5, 5.41) is 5.99. The lowest BCUT2D eigenvalue weighted by Crippen LogP contribution is -2.28. The molecule has 0 unspecified atom stereocenters. The zero-order valence-corrected chi connectivity index (χ0v) is 11.1. The maximum absolute atomic E-state index is 3.92. The van der Waals surface area contributed by atoms with Gasteiger partial charge in [0.05, 0.1) is 5.69 Å². The molecule has 0 radical (unpaired) electrons. The Hall–Kier alpha value is -2.30. The Morgan fingerprint density at radius 2 is 1.78 bits per heavy atom. The standard InChI is InChI=1S/C13H21N5/c1-11(18(4)10-9-14-2)16-17-13-7-5-12(15-3)6-8-13/h5-10,14-17H,1H2,2-4H3/b10-9-. The molecule has 0 bridgehead atoms. The predicted octanol–water partition coefficient (Wildman–Crippen LogP) is 1.74. The van der Waals surface area contributed by atoms with Crippen molar-refractivity contribution in [3.8, 4) is 0 Å². The molecule has 0 saturated carbocycles. The van der Waals surface area contributed by atoms with Crippen molar-refractivity contribution in [1.82, 2.24) is 15.6 Å². The molecule has 0 amide bonds. The fourth-order valence-electron chi connectivity index (χ4n) is 1.23. The molecule has 98 valence electrons. The van der Waals surface area contributed by atoms with Crippen molar-refractivity contribution in [3.05, 3.63) is 49.1 Å². The highest BCUT2D eigenvalue weighted by atomic mass is 15.4. The molecular formula is C13H21N5. The first kappa shape index (κ1) is 13.8. The Morgan fingerprint density at radius 3 is 2.33 bits per heavy atom. The van der Waals surface area contributed by atoms with Crippen molar-refractivity contribution in [2.24, 2.45) is 0 Å². The molecule has 0 atom stereocenters. The van der Waals surface area contributed by atoms with Gasteiger partial charge in [0.15, 0.2) is 0 Å². The van der Waals surface area contributed by atoms with E-state index in [2.05, 4.69) is 28.1 Å². The second-order valence-electron chi connectivity index (χ2n) is 3.74. The third kappa shape index (κ3) is 4.29. The molecule has 0 aliphatic carbocycles. The fourth-order valence-corrected chi connectivity index (χ4v) is 1.23. The summed E-state index contributed by atoms with van der Waals surface area (Å²) >= 11 is 0. The van der Waals surface area contributed by atoms with Crippen molar-refractivity contribution in [1.29, 1.82) is 0 Å². The number of hydrogen-bond donors (Lipinski definition) is 4. The van der Waals surface area contributed by atoms with Crippen molar-refractivity contribution >= 4 is 11.4 Å². The summed E-state index contributed by atoms with van der Waals surface area (Å²) in [6, 6.07) is 7.96. The minimum absolute atomic E-state index is 0.749. The van der Waals surface area contributed by atoms with E-state index in [-0.39, 0.29) is 0 Å². The zero-order chi connectivity index (χ0) is 13.4. The van der Waals surface area contributed by atoms with Crippen LogP contribution in [0.2, 0.25) is 0 Å². The average Bonchev–Trinajstić information content (AvgIpc) is 2.42. The molecule has 0 aliphatic heterocycles. The molecule has 1 aromatic rings. The van der Waals surface area contributed by atoms with E-state index in [9.17, 15) is 0 Å². The molecule has 0 aromatic heterocycles. The van der Waals surface area contributed by atoms with Crippen molar-refractivity contribution in [3.63, 3.8) is 0 Å². The minimum Gasteiger partial charge on any atom is -0.393 e. The summed E-state index contributed by atoms with van der Waals surface area (Å²) < 4.78 is 0. The normalized spacial score (nSPS) is 9.94. The van der Waals surface area contributed by atoms with E-state index in [1.807, 2.05) is 62.7 Å². The Balaban J connectivity index is 2.44. The van der Waals surface area contributed by atoms with Gasteiger partial charge in [-0.05, 0) is 24.3 Å². The summed E-state index contributed by atoms with van der Waals surface area (Å²) in [4.78, 5) is 1.87. The van der Waals surface area contributed by atoms with Crippen LogP contribution in [0.15, 0.2) is 49.1 Å². The maximum Gasteiger partial charge on any atom is 0.116 e. The van der Waals surface area contributed by atoms with Crippen LogP contribution in [0.3, 0.4) is 0 Å². The van der Waals surface area contributed by atoms with Gasteiger partial charge in [0.25, 0.3) is 0 Å². The summed E-state index contributed by atoms with van der Waals surface area (Å²) in [5.41, 5.74) is 8.16. The first-order valence-corrected chi connectivity index (χ1v) is 5.73. The van der Waals surface area contributed by atoms with Gasteiger partial charge < -0.3 is 15.5 Å². The Bertz CT molecular complexity index is 396. The highest BCUT2D eigenvalue weighted by Crippen LogP contribution is 2.12. The van der Waals surface area contributed by atoms with Gasteiger partial charge >= 0.3 is 0 Å². The van der Waals surface area contributed by atoms with Crippen LogP contribution >= 0.6 is 0 Å². The second kappa shape index (κ2) is 7.11. The van der Waals surface area contributed by atoms with Gasteiger partial charge in [-0.25, -0.2) is 0 Å². The van der Waals surface area contributed by atoms with Crippen LogP contribution in [0.4, 0.5) is 11.4 Å². The van der Waals surface area contributed by atoms with Crippen molar-refractivity contribution in [2.75, 3.05) is 31.9 Å². The molecular weight excluding hydrogens is 226 g/mol. The van der Waals surface area contributed by atoms with E-state index in [1.54, 1.807) is 0 Å². The first-order chi connectivity index (χ1) is 8.67. The molecule has 1 rings (SSSR count). The number of nitrogens with one attached hydrogen (secondary N) is 4. The fraction of sp³-hybridized carbons (Fsp3) is 0.231. The van der Waals surface area contributed by atoms with Gasteiger partial charge in [-0.2, -0.15) is 0 Å². The average molecular weight is 247 g/mol. The second-order valence-corrected chi connectivity index (χ2v) is 3.74. The third-order valence-corrected chi connectivity index (χ3v) is 2.42. The van der Waals surface area contributed by atoms with Gasteiger partial charge in [0.2, 0.25) is 0 Å².